The number of hydrogen-bond acceptors (Lipinski definition) is 6. The molecule has 152 valence electrons. The zero-order valence-corrected chi connectivity index (χ0v) is 17.1. The maximum atomic E-state index is 9.38. The topological polar surface area (TPSA) is 98.8 Å². The van der Waals surface area contributed by atoms with Crippen molar-refractivity contribution in [1.82, 2.24) is 9.78 Å². The van der Waals surface area contributed by atoms with Crippen LogP contribution >= 0.6 is 0 Å². The van der Waals surface area contributed by atoms with Gasteiger partial charge in [-0.05, 0) is 49.1 Å². The number of fused-ring (bicyclic) bond motifs is 1. The number of anilines is 3. The second-order valence-corrected chi connectivity index (χ2v) is 7.39. The van der Waals surface area contributed by atoms with Gasteiger partial charge in [0.2, 0.25) is 0 Å². The van der Waals surface area contributed by atoms with Crippen molar-refractivity contribution in [3.63, 3.8) is 0 Å². The molecule has 1 heterocycles. The number of methoxy groups -OCH3 is 1. The van der Waals surface area contributed by atoms with Crippen LogP contribution in [0.4, 0.5) is 17.1 Å². The van der Waals surface area contributed by atoms with Gasteiger partial charge in [0.25, 0.3) is 0 Å². The molecule has 0 saturated heterocycles. The zero-order valence-electron chi connectivity index (χ0n) is 17.1. The monoisotopic (exact) mass is 400 g/mol. The standard InChI is InChI=1S/C23H24N6O/c1-29-14-18(13-26-29)28-22-10-17(8-6-15(22)11-24)27-21-5-3-4-20-19(21)9-7-16(12-25)23(20)30-2/h6-11,13-14,21,24,27-28H,3-5H2,1-2H3/t21-/m1/s1. The lowest BCUT2D eigenvalue weighted by Gasteiger charge is -2.29. The molecule has 0 saturated carbocycles. The molecule has 0 amide bonds. The van der Waals surface area contributed by atoms with Crippen LogP contribution in [-0.4, -0.2) is 23.1 Å². The summed E-state index contributed by atoms with van der Waals surface area (Å²) in [7, 11) is 3.49. The van der Waals surface area contributed by atoms with Crippen molar-refractivity contribution in [2.75, 3.05) is 17.7 Å². The summed E-state index contributed by atoms with van der Waals surface area (Å²) in [5.74, 6) is 0.694. The fraction of sp³-hybridized carbons (Fsp3) is 0.261. The molecule has 0 aliphatic heterocycles. The Labute approximate surface area is 175 Å². The molecule has 30 heavy (non-hydrogen) atoms. The highest BCUT2D eigenvalue weighted by Gasteiger charge is 2.25. The van der Waals surface area contributed by atoms with Gasteiger partial charge in [0.05, 0.1) is 30.6 Å². The van der Waals surface area contributed by atoms with Gasteiger partial charge in [-0.2, -0.15) is 10.4 Å². The van der Waals surface area contributed by atoms with Gasteiger partial charge in [0.15, 0.2) is 0 Å². The number of aryl methyl sites for hydroxylation is 1. The van der Waals surface area contributed by atoms with Crippen molar-refractivity contribution < 1.29 is 4.74 Å². The number of benzene rings is 2. The maximum Gasteiger partial charge on any atom is 0.140 e. The summed E-state index contributed by atoms with van der Waals surface area (Å²) in [4.78, 5) is 0. The van der Waals surface area contributed by atoms with Crippen molar-refractivity contribution >= 4 is 23.3 Å². The van der Waals surface area contributed by atoms with Crippen molar-refractivity contribution in [2.45, 2.75) is 25.3 Å². The number of nitrogens with one attached hydrogen (secondary N) is 3. The molecule has 7 heteroatoms. The van der Waals surface area contributed by atoms with Crippen molar-refractivity contribution in [3.8, 4) is 11.8 Å². The lowest BCUT2D eigenvalue weighted by Crippen LogP contribution is -2.18. The molecule has 0 spiro atoms. The molecule has 7 nitrogen and oxygen atoms in total. The largest absolute Gasteiger partial charge is 0.495 e. The van der Waals surface area contributed by atoms with E-state index in [0.29, 0.717) is 11.3 Å². The van der Waals surface area contributed by atoms with Crippen LogP contribution in [0.25, 0.3) is 0 Å². The normalized spacial score (nSPS) is 15.0. The van der Waals surface area contributed by atoms with Crippen LogP contribution < -0.4 is 15.4 Å². The molecule has 4 rings (SSSR count). The van der Waals surface area contributed by atoms with Crippen LogP contribution in [0.2, 0.25) is 0 Å². The van der Waals surface area contributed by atoms with E-state index < -0.39 is 0 Å². The van der Waals surface area contributed by atoms with Crippen LogP contribution in [0.5, 0.6) is 5.75 Å². The highest BCUT2D eigenvalue weighted by Crippen LogP contribution is 2.39. The van der Waals surface area contributed by atoms with Gasteiger partial charge in [-0.3, -0.25) is 4.68 Å². The highest BCUT2D eigenvalue weighted by molar-refractivity contribution is 5.88. The summed E-state index contributed by atoms with van der Waals surface area (Å²) in [5, 5.41) is 28.3. The fourth-order valence-corrected chi connectivity index (χ4v) is 4.06. The van der Waals surface area contributed by atoms with Crippen molar-refractivity contribution in [2.24, 2.45) is 7.05 Å². The Kier molecular flexibility index (Phi) is 5.40. The van der Waals surface area contributed by atoms with Gasteiger partial charge < -0.3 is 20.8 Å². The second-order valence-electron chi connectivity index (χ2n) is 7.39. The molecule has 1 atom stereocenters. The predicted molar refractivity (Wildman–Crippen MR) is 118 cm³/mol. The second kappa shape index (κ2) is 8.29. The first-order chi connectivity index (χ1) is 14.6. The third kappa shape index (κ3) is 3.72. The number of ether oxygens (including phenoxy) is 1. The first-order valence-corrected chi connectivity index (χ1v) is 9.89. The van der Waals surface area contributed by atoms with Crippen LogP contribution in [0.3, 0.4) is 0 Å². The lowest BCUT2D eigenvalue weighted by molar-refractivity contribution is 0.403. The maximum absolute atomic E-state index is 9.38. The third-order valence-corrected chi connectivity index (χ3v) is 5.45. The van der Waals surface area contributed by atoms with Crippen molar-refractivity contribution in [3.05, 3.63) is 65.0 Å². The molecular formula is C23H24N6O. The van der Waals surface area contributed by atoms with E-state index in [-0.39, 0.29) is 6.04 Å². The van der Waals surface area contributed by atoms with E-state index >= 15 is 0 Å². The molecule has 0 radical (unpaired) electrons. The first-order valence-electron chi connectivity index (χ1n) is 9.89. The molecule has 3 N–H and O–H groups in total. The van der Waals surface area contributed by atoms with Crippen molar-refractivity contribution in [1.29, 1.82) is 10.7 Å². The van der Waals surface area contributed by atoms with Gasteiger partial charge >= 0.3 is 0 Å². The van der Waals surface area contributed by atoms with Gasteiger partial charge in [-0.25, -0.2) is 0 Å². The molecule has 0 unspecified atom stereocenters. The van der Waals surface area contributed by atoms with Gasteiger partial charge in [0, 0.05) is 42.0 Å². The molecule has 1 aromatic heterocycles. The number of nitrogens with zero attached hydrogens (tertiary/aromatic N) is 3. The minimum atomic E-state index is 0.132. The van der Waals surface area contributed by atoms with E-state index in [1.165, 1.54) is 11.8 Å². The Bertz CT molecular complexity index is 1130. The van der Waals surface area contributed by atoms with Crippen LogP contribution in [0.15, 0.2) is 42.7 Å². The Balaban J connectivity index is 1.63. The third-order valence-electron chi connectivity index (χ3n) is 5.45. The summed E-state index contributed by atoms with van der Waals surface area (Å²) in [6.07, 6.45) is 7.92. The summed E-state index contributed by atoms with van der Waals surface area (Å²) in [6.45, 7) is 0. The lowest BCUT2D eigenvalue weighted by atomic mass is 9.85. The van der Waals surface area contributed by atoms with E-state index in [1.807, 2.05) is 43.6 Å². The number of hydrogen-bond donors (Lipinski definition) is 3. The minimum absolute atomic E-state index is 0.132. The summed E-state index contributed by atoms with van der Waals surface area (Å²) >= 11 is 0. The number of aromatic nitrogens is 2. The van der Waals surface area contributed by atoms with Gasteiger partial charge in [-0.1, -0.05) is 6.07 Å². The minimum Gasteiger partial charge on any atom is -0.495 e. The molecule has 0 bridgehead atoms. The predicted octanol–water partition coefficient (Wildman–Crippen LogP) is 4.53. The van der Waals surface area contributed by atoms with E-state index in [9.17, 15) is 5.26 Å². The zero-order chi connectivity index (χ0) is 21.1. The molecule has 2 aromatic carbocycles. The number of rotatable bonds is 6. The van der Waals surface area contributed by atoms with Crippen LogP contribution in [0, 0.1) is 16.7 Å². The fourth-order valence-electron chi connectivity index (χ4n) is 4.06. The van der Waals surface area contributed by atoms with Crippen LogP contribution in [-0.2, 0) is 13.5 Å². The highest BCUT2D eigenvalue weighted by atomic mass is 16.5. The quantitative estimate of drug-likeness (QED) is 0.528. The molecule has 0 fully saturated rings. The van der Waals surface area contributed by atoms with Gasteiger partial charge in [0.1, 0.15) is 11.8 Å². The molecule has 3 aromatic rings. The molecular weight excluding hydrogens is 376 g/mol. The summed E-state index contributed by atoms with van der Waals surface area (Å²) in [5.41, 5.74) is 6.35. The van der Waals surface area contributed by atoms with Gasteiger partial charge in [-0.15, -0.1) is 0 Å². The average Bonchev–Trinajstić information content (AvgIpc) is 3.17. The Morgan fingerprint density at radius 2 is 2.17 bits per heavy atom. The first kappa shape index (κ1) is 19.5. The van der Waals surface area contributed by atoms with E-state index in [4.69, 9.17) is 10.1 Å². The van der Waals surface area contributed by atoms with Crippen LogP contribution in [0.1, 0.15) is 41.1 Å². The van der Waals surface area contributed by atoms with E-state index in [0.717, 1.165) is 47.5 Å². The van der Waals surface area contributed by atoms with E-state index in [1.54, 1.807) is 18.0 Å². The Morgan fingerprint density at radius 1 is 1.30 bits per heavy atom. The summed E-state index contributed by atoms with van der Waals surface area (Å²) < 4.78 is 7.29. The molecule has 1 aliphatic rings. The average molecular weight is 400 g/mol. The SMILES string of the molecule is COc1c(C#N)ccc2c1CCC[C@H]2Nc1ccc(C=N)c(Nc2cnn(C)c2)c1. The smallest absolute Gasteiger partial charge is 0.140 e. The Morgan fingerprint density at radius 3 is 2.87 bits per heavy atom. The Hall–Kier alpha value is -3.79. The van der Waals surface area contributed by atoms with E-state index in [2.05, 4.69) is 21.8 Å². The number of nitriles is 1. The molecule has 1 aliphatic carbocycles. The summed E-state index contributed by atoms with van der Waals surface area (Å²) in [6, 6.07) is 12.2.